The van der Waals surface area contributed by atoms with Crippen molar-refractivity contribution in [2.45, 2.75) is 83.7 Å². The Bertz CT molecular complexity index is 427. The van der Waals surface area contributed by atoms with Crippen LogP contribution in [-0.4, -0.2) is 24.6 Å². The molecule has 0 N–H and O–H groups in total. The molecule has 1 atom stereocenters. The van der Waals surface area contributed by atoms with Crippen LogP contribution in [0.15, 0.2) is 43.0 Å². The van der Waals surface area contributed by atoms with E-state index in [0.717, 1.165) is 11.0 Å². The molecule has 0 aliphatic heterocycles. The Morgan fingerprint density at radius 2 is 1.40 bits per heavy atom. The van der Waals surface area contributed by atoms with E-state index in [1.807, 2.05) is 0 Å². The molecule has 0 aliphatic rings. The molecular weight excluding hydrogens is 326 g/mol. The van der Waals surface area contributed by atoms with Crippen LogP contribution in [0.3, 0.4) is 0 Å². The van der Waals surface area contributed by atoms with Crippen molar-refractivity contribution in [3.63, 3.8) is 0 Å². The topological polar surface area (TPSA) is 0 Å². The Kier molecular flexibility index (Phi) is 13.9. The first-order valence-corrected chi connectivity index (χ1v) is 10.1. The van der Waals surface area contributed by atoms with Gasteiger partial charge in [-0.2, -0.15) is 0 Å². The molecule has 1 nitrogen and oxygen atoms in total. The van der Waals surface area contributed by atoms with E-state index < -0.39 is 0 Å². The molecule has 2 heteroatoms. The molecular formula is C23H40ClN. The zero-order valence-electron chi connectivity index (χ0n) is 16.9. The molecule has 0 amide bonds. The van der Waals surface area contributed by atoms with Gasteiger partial charge in [-0.05, 0) is 12.5 Å². The standard InChI is InChI=1S/C23H40N.ClH/c1-5-7-8-9-10-11-12-13-17-20-23(6-2)24(3,4)21-22-18-15-14-16-19-22;/h6,14-16,18-19,23H,2,5,7-13,17,20-21H2,1,3-4H3;1H/q+1;/p-1. The molecule has 0 fully saturated rings. The van der Waals surface area contributed by atoms with E-state index in [-0.39, 0.29) is 12.4 Å². The van der Waals surface area contributed by atoms with Crippen LogP contribution < -0.4 is 12.4 Å². The molecule has 0 spiro atoms. The summed E-state index contributed by atoms with van der Waals surface area (Å²) in [7, 11) is 4.68. The fraction of sp³-hybridized carbons (Fsp3) is 0.652. The summed E-state index contributed by atoms with van der Waals surface area (Å²) in [6.45, 7) is 7.47. The quantitative estimate of drug-likeness (QED) is 0.267. The van der Waals surface area contributed by atoms with Gasteiger partial charge in [0.1, 0.15) is 12.6 Å². The highest BCUT2D eigenvalue weighted by Crippen LogP contribution is 2.20. The van der Waals surface area contributed by atoms with Crippen LogP contribution in [0.4, 0.5) is 0 Å². The molecule has 25 heavy (non-hydrogen) atoms. The zero-order chi connectivity index (χ0) is 17.7. The van der Waals surface area contributed by atoms with Crippen molar-refractivity contribution < 1.29 is 16.9 Å². The van der Waals surface area contributed by atoms with Crippen LogP contribution >= 0.6 is 0 Å². The lowest BCUT2D eigenvalue weighted by molar-refractivity contribution is -0.921. The van der Waals surface area contributed by atoms with Gasteiger partial charge in [-0.25, -0.2) is 0 Å². The van der Waals surface area contributed by atoms with E-state index in [1.54, 1.807) is 0 Å². The van der Waals surface area contributed by atoms with Gasteiger partial charge in [-0.1, -0.05) is 95.2 Å². The minimum absolute atomic E-state index is 0. The van der Waals surface area contributed by atoms with Gasteiger partial charge in [-0.15, -0.1) is 0 Å². The van der Waals surface area contributed by atoms with Crippen molar-refractivity contribution in [1.82, 2.24) is 0 Å². The third-order valence-corrected chi connectivity index (χ3v) is 5.21. The molecule has 0 aliphatic carbocycles. The number of nitrogens with zero attached hydrogens (tertiary/aromatic N) is 1. The minimum atomic E-state index is 0. The Balaban J connectivity index is 0.00000576. The fourth-order valence-corrected chi connectivity index (χ4v) is 3.59. The number of likely N-dealkylation sites (N-methyl/N-ethyl adjacent to an activating group) is 1. The van der Waals surface area contributed by atoms with E-state index in [2.05, 4.69) is 64.0 Å². The summed E-state index contributed by atoms with van der Waals surface area (Å²) in [5.74, 6) is 0. The molecule has 0 radical (unpaired) electrons. The van der Waals surface area contributed by atoms with Gasteiger partial charge >= 0.3 is 0 Å². The summed E-state index contributed by atoms with van der Waals surface area (Å²) in [6.07, 6.45) is 16.0. The third-order valence-electron chi connectivity index (χ3n) is 5.21. The van der Waals surface area contributed by atoms with Crippen molar-refractivity contribution in [2.24, 2.45) is 0 Å². The summed E-state index contributed by atoms with van der Waals surface area (Å²) in [5.41, 5.74) is 1.42. The maximum Gasteiger partial charge on any atom is 0.107 e. The van der Waals surface area contributed by atoms with Crippen LogP contribution in [0.25, 0.3) is 0 Å². The average Bonchev–Trinajstić information content (AvgIpc) is 2.57. The maximum absolute atomic E-state index is 4.11. The van der Waals surface area contributed by atoms with Gasteiger partial charge in [-0.3, -0.25) is 0 Å². The van der Waals surface area contributed by atoms with Crippen LogP contribution in [0.2, 0.25) is 0 Å². The number of hydrogen-bond donors (Lipinski definition) is 0. The van der Waals surface area contributed by atoms with Gasteiger partial charge in [0.2, 0.25) is 0 Å². The number of hydrogen-bond acceptors (Lipinski definition) is 0. The Morgan fingerprint density at radius 1 is 0.880 bits per heavy atom. The summed E-state index contributed by atoms with van der Waals surface area (Å²) in [5, 5.41) is 0. The van der Waals surface area contributed by atoms with E-state index >= 15 is 0 Å². The van der Waals surface area contributed by atoms with E-state index in [4.69, 9.17) is 0 Å². The van der Waals surface area contributed by atoms with Crippen molar-refractivity contribution in [2.75, 3.05) is 14.1 Å². The second kappa shape index (κ2) is 14.4. The van der Waals surface area contributed by atoms with Crippen LogP contribution in [-0.2, 0) is 6.54 Å². The smallest absolute Gasteiger partial charge is 0.107 e. The second-order valence-corrected chi connectivity index (χ2v) is 7.84. The molecule has 0 saturated heterocycles. The highest BCUT2D eigenvalue weighted by molar-refractivity contribution is 5.13. The predicted octanol–water partition coefficient (Wildman–Crippen LogP) is 3.74. The minimum Gasteiger partial charge on any atom is -1.00 e. The number of quaternary nitrogens is 1. The normalized spacial score (nSPS) is 12.4. The van der Waals surface area contributed by atoms with Crippen molar-refractivity contribution >= 4 is 0 Å². The maximum atomic E-state index is 4.11. The van der Waals surface area contributed by atoms with Crippen molar-refractivity contribution in [3.05, 3.63) is 48.6 Å². The Hall–Kier alpha value is -0.790. The molecule has 1 aromatic rings. The van der Waals surface area contributed by atoms with Gasteiger partial charge in [0.05, 0.1) is 14.1 Å². The first-order valence-electron chi connectivity index (χ1n) is 10.1. The number of rotatable bonds is 14. The highest BCUT2D eigenvalue weighted by Gasteiger charge is 2.25. The average molecular weight is 366 g/mol. The molecule has 144 valence electrons. The highest BCUT2D eigenvalue weighted by atomic mass is 35.5. The first-order chi connectivity index (χ1) is 11.6. The monoisotopic (exact) mass is 365 g/mol. The fourth-order valence-electron chi connectivity index (χ4n) is 3.59. The third kappa shape index (κ3) is 10.7. The Labute approximate surface area is 163 Å². The molecule has 1 rings (SSSR count). The van der Waals surface area contributed by atoms with Gasteiger partial charge in [0.25, 0.3) is 0 Å². The van der Waals surface area contributed by atoms with Crippen LogP contribution in [0, 0.1) is 0 Å². The molecule has 0 saturated carbocycles. The zero-order valence-corrected chi connectivity index (χ0v) is 17.6. The molecule has 0 heterocycles. The van der Waals surface area contributed by atoms with E-state index in [1.165, 1.54) is 69.8 Å². The molecule has 0 aromatic heterocycles. The summed E-state index contributed by atoms with van der Waals surface area (Å²) in [6, 6.07) is 11.4. The number of benzene rings is 1. The SMILES string of the molecule is C=CC(CCCCCCCCCCC)[N+](C)(C)Cc1ccccc1.[Cl-]. The van der Waals surface area contributed by atoms with Crippen molar-refractivity contribution in [1.29, 1.82) is 0 Å². The van der Waals surface area contributed by atoms with Gasteiger partial charge in [0.15, 0.2) is 0 Å². The lowest BCUT2D eigenvalue weighted by Gasteiger charge is -2.37. The molecule has 1 unspecified atom stereocenters. The summed E-state index contributed by atoms with van der Waals surface area (Å²) < 4.78 is 1.00. The lowest BCUT2D eigenvalue weighted by Crippen LogP contribution is -3.00. The largest absolute Gasteiger partial charge is 1.00 e. The van der Waals surface area contributed by atoms with E-state index in [9.17, 15) is 0 Å². The molecule has 0 bridgehead atoms. The summed E-state index contributed by atoms with van der Waals surface area (Å²) >= 11 is 0. The first kappa shape index (κ1) is 24.2. The van der Waals surface area contributed by atoms with Crippen LogP contribution in [0.1, 0.15) is 76.7 Å². The molecule has 1 aromatic carbocycles. The number of unbranched alkanes of at least 4 members (excludes halogenated alkanes) is 8. The number of halogens is 1. The van der Waals surface area contributed by atoms with Crippen LogP contribution in [0.5, 0.6) is 0 Å². The van der Waals surface area contributed by atoms with E-state index in [0.29, 0.717) is 6.04 Å². The van der Waals surface area contributed by atoms with Gasteiger partial charge in [0, 0.05) is 12.0 Å². The lowest BCUT2D eigenvalue weighted by atomic mass is 10.0. The van der Waals surface area contributed by atoms with Gasteiger partial charge < -0.3 is 16.9 Å². The van der Waals surface area contributed by atoms with Crippen molar-refractivity contribution in [3.8, 4) is 0 Å². The predicted molar refractivity (Wildman–Crippen MR) is 108 cm³/mol. The second-order valence-electron chi connectivity index (χ2n) is 7.84. The summed E-state index contributed by atoms with van der Waals surface area (Å²) in [4.78, 5) is 0. The Morgan fingerprint density at radius 3 is 1.92 bits per heavy atom.